The average molecular weight is 378 g/mol. The standard InChI is InChI=1S/C18H22N2O5S/c1-12(11-24-2)20-26(22,23)14-7-5-13(6-8-14)19-18(21)16-10-15(16)17-4-3-9-25-17/h3-9,12,15-16,20H,10-11H2,1-2H3,(H,19,21)/t12-,15+,16-/m0/s1. The molecule has 2 aromatic rings. The van der Waals surface area contributed by atoms with E-state index < -0.39 is 10.0 Å². The van der Waals surface area contributed by atoms with E-state index in [1.807, 2.05) is 12.1 Å². The number of amides is 1. The Morgan fingerprint density at radius 2 is 2.04 bits per heavy atom. The highest BCUT2D eigenvalue weighted by atomic mass is 32.2. The minimum absolute atomic E-state index is 0.0890. The lowest BCUT2D eigenvalue weighted by Gasteiger charge is -2.13. The van der Waals surface area contributed by atoms with E-state index in [2.05, 4.69) is 10.0 Å². The van der Waals surface area contributed by atoms with Crippen LogP contribution in [0.2, 0.25) is 0 Å². The van der Waals surface area contributed by atoms with Crippen LogP contribution in [0, 0.1) is 5.92 Å². The van der Waals surface area contributed by atoms with Gasteiger partial charge in [0.05, 0.1) is 17.8 Å². The van der Waals surface area contributed by atoms with Gasteiger partial charge in [-0.05, 0) is 49.7 Å². The molecule has 0 spiro atoms. The molecule has 1 heterocycles. The molecule has 0 radical (unpaired) electrons. The molecule has 1 aliphatic rings. The van der Waals surface area contributed by atoms with Crippen molar-refractivity contribution in [1.82, 2.24) is 4.72 Å². The summed E-state index contributed by atoms with van der Waals surface area (Å²) in [5, 5.41) is 2.82. The molecule has 8 heteroatoms. The highest BCUT2D eigenvalue weighted by Crippen LogP contribution is 2.48. The lowest BCUT2D eigenvalue weighted by molar-refractivity contribution is -0.117. The Hall–Kier alpha value is -2.16. The lowest BCUT2D eigenvalue weighted by atomic mass is 10.2. The predicted molar refractivity (Wildman–Crippen MR) is 96.3 cm³/mol. The smallest absolute Gasteiger partial charge is 0.240 e. The number of anilines is 1. The third-order valence-electron chi connectivity index (χ3n) is 4.24. The van der Waals surface area contributed by atoms with Crippen LogP contribution in [0.15, 0.2) is 52.0 Å². The first-order valence-corrected chi connectivity index (χ1v) is 9.84. The summed E-state index contributed by atoms with van der Waals surface area (Å²) in [6.45, 7) is 2.01. The van der Waals surface area contributed by atoms with Crippen molar-refractivity contribution in [3.63, 3.8) is 0 Å². The van der Waals surface area contributed by atoms with Crippen LogP contribution in [0.4, 0.5) is 5.69 Å². The number of furan rings is 1. The van der Waals surface area contributed by atoms with Crippen LogP contribution in [-0.2, 0) is 19.6 Å². The SMILES string of the molecule is COC[C@H](C)NS(=O)(=O)c1ccc(NC(=O)[C@H]2C[C@H]2c2ccco2)cc1. The summed E-state index contributed by atoms with van der Waals surface area (Å²) < 4.78 is 37.3. The average Bonchev–Trinajstić information content (AvgIpc) is 3.21. The summed E-state index contributed by atoms with van der Waals surface area (Å²) in [7, 11) is -2.11. The van der Waals surface area contributed by atoms with Crippen LogP contribution in [0.5, 0.6) is 0 Å². The highest BCUT2D eigenvalue weighted by molar-refractivity contribution is 7.89. The Bertz CT molecular complexity index is 846. The number of ether oxygens (including phenoxy) is 1. The first-order chi connectivity index (χ1) is 12.4. The van der Waals surface area contributed by atoms with Crippen LogP contribution in [0.1, 0.15) is 25.0 Å². The largest absolute Gasteiger partial charge is 0.469 e. The minimum Gasteiger partial charge on any atom is -0.469 e. The van der Waals surface area contributed by atoms with Crippen molar-refractivity contribution in [2.75, 3.05) is 19.0 Å². The maximum atomic E-state index is 12.3. The molecule has 26 heavy (non-hydrogen) atoms. The molecule has 1 amide bonds. The zero-order valence-electron chi connectivity index (χ0n) is 14.6. The van der Waals surface area contributed by atoms with Gasteiger partial charge < -0.3 is 14.5 Å². The quantitative estimate of drug-likeness (QED) is 0.735. The van der Waals surface area contributed by atoms with Crippen molar-refractivity contribution in [1.29, 1.82) is 0 Å². The van der Waals surface area contributed by atoms with Crippen LogP contribution in [0.25, 0.3) is 0 Å². The van der Waals surface area contributed by atoms with Gasteiger partial charge in [0.25, 0.3) is 0 Å². The molecular formula is C18H22N2O5S. The van der Waals surface area contributed by atoms with E-state index >= 15 is 0 Å². The molecular weight excluding hydrogens is 356 g/mol. The Morgan fingerprint density at radius 3 is 2.65 bits per heavy atom. The summed E-state index contributed by atoms with van der Waals surface area (Å²) >= 11 is 0. The number of benzene rings is 1. The van der Waals surface area contributed by atoms with Gasteiger partial charge in [-0.3, -0.25) is 4.79 Å². The lowest BCUT2D eigenvalue weighted by Crippen LogP contribution is -2.35. The van der Waals surface area contributed by atoms with Crippen molar-refractivity contribution in [3.8, 4) is 0 Å². The molecule has 7 nitrogen and oxygen atoms in total. The molecule has 1 saturated carbocycles. The van der Waals surface area contributed by atoms with E-state index in [1.54, 1.807) is 25.3 Å². The maximum absolute atomic E-state index is 12.3. The number of carbonyl (C=O) groups is 1. The molecule has 0 saturated heterocycles. The molecule has 3 atom stereocenters. The van der Waals surface area contributed by atoms with Gasteiger partial charge in [-0.15, -0.1) is 0 Å². The molecule has 1 aromatic carbocycles. The fourth-order valence-electron chi connectivity index (χ4n) is 2.87. The Balaban J connectivity index is 1.59. The third-order valence-corrected chi connectivity index (χ3v) is 5.85. The highest BCUT2D eigenvalue weighted by Gasteiger charge is 2.45. The predicted octanol–water partition coefficient (Wildman–Crippen LogP) is 2.33. The zero-order chi connectivity index (χ0) is 18.7. The molecule has 0 unspecified atom stereocenters. The molecule has 1 fully saturated rings. The van der Waals surface area contributed by atoms with Crippen LogP contribution in [0.3, 0.4) is 0 Å². The fraction of sp³-hybridized carbons (Fsp3) is 0.389. The number of methoxy groups -OCH3 is 1. The first-order valence-electron chi connectivity index (χ1n) is 8.36. The fourth-order valence-corrected chi connectivity index (χ4v) is 4.10. The first kappa shape index (κ1) is 18.6. The van der Waals surface area contributed by atoms with Crippen LogP contribution < -0.4 is 10.0 Å². The molecule has 0 bridgehead atoms. The number of hydrogen-bond acceptors (Lipinski definition) is 5. The second-order valence-electron chi connectivity index (χ2n) is 6.46. The van der Waals surface area contributed by atoms with E-state index in [0.717, 1.165) is 12.2 Å². The Labute approximate surface area is 152 Å². The number of nitrogens with one attached hydrogen (secondary N) is 2. The Morgan fingerprint density at radius 1 is 1.31 bits per heavy atom. The van der Waals surface area contributed by atoms with Crippen molar-refractivity contribution in [3.05, 3.63) is 48.4 Å². The third kappa shape index (κ3) is 4.32. The maximum Gasteiger partial charge on any atom is 0.240 e. The van der Waals surface area contributed by atoms with E-state index in [-0.39, 0.29) is 35.3 Å². The van der Waals surface area contributed by atoms with Gasteiger partial charge in [0.2, 0.25) is 15.9 Å². The zero-order valence-corrected chi connectivity index (χ0v) is 15.5. The monoisotopic (exact) mass is 378 g/mol. The van der Waals surface area contributed by atoms with Crippen molar-refractivity contribution >= 4 is 21.6 Å². The van der Waals surface area contributed by atoms with Gasteiger partial charge in [0.15, 0.2) is 0 Å². The summed E-state index contributed by atoms with van der Waals surface area (Å²) in [6.07, 6.45) is 2.36. The number of sulfonamides is 1. The normalized spacial score (nSPS) is 20.5. The van der Waals surface area contributed by atoms with Gasteiger partial charge in [-0.2, -0.15) is 0 Å². The molecule has 3 rings (SSSR count). The molecule has 2 N–H and O–H groups in total. The van der Waals surface area contributed by atoms with Crippen LogP contribution >= 0.6 is 0 Å². The molecule has 0 aliphatic heterocycles. The van der Waals surface area contributed by atoms with E-state index in [0.29, 0.717) is 5.69 Å². The van der Waals surface area contributed by atoms with Gasteiger partial charge in [0.1, 0.15) is 5.76 Å². The van der Waals surface area contributed by atoms with Gasteiger partial charge in [-0.1, -0.05) is 0 Å². The summed E-state index contributed by atoms with van der Waals surface area (Å²) in [5.41, 5.74) is 0.559. The molecule has 1 aliphatic carbocycles. The second kappa shape index (κ2) is 7.61. The Kier molecular flexibility index (Phi) is 5.45. The number of hydrogen-bond donors (Lipinski definition) is 2. The topological polar surface area (TPSA) is 97.6 Å². The van der Waals surface area contributed by atoms with Crippen molar-refractivity contribution < 1.29 is 22.4 Å². The molecule has 1 aromatic heterocycles. The van der Waals surface area contributed by atoms with Gasteiger partial charge in [-0.25, -0.2) is 13.1 Å². The summed E-state index contributed by atoms with van der Waals surface area (Å²) in [4.78, 5) is 12.4. The van der Waals surface area contributed by atoms with Crippen LogP contribution in [-0.4, -0.2) is 34.1 Å². The van der Waals surface area contributed by atoms with E-state index in [9.17, 15) is 13.2 Å². The van der Waals surface area contributed by atoms with E-state index in [1.165, 1.54) is 19.2 Å². The summed E-state index contributed by atoms with van der Waals surface area (Å²) in [6, 6.07) is 9.44. The molecule has 140 valence electrons. The summed E-state index contributed by atoms with van der Waals surface area (Å²) in [5.74, 6) is 0.744. The second-order valence-corrected chi connectivity index (χ2v) is 8.17. The van der Waals surface area contributed by atoms with Gasteiger partial charge >= 0.3 is 0 Å². The van der Waals surface area contributed by atoms with Crippen molar-refractivity contribution in [2.45, 2.75) is 30.2 Å². The minimum atomic E-state index is -3.62. The van der Waals surface area contributed by atoms with E-state index in [4.69, 9.17) is 9.15 Å². The van der Waals surface area contributed by atoms with Crippen molar-refractivity contribution in [2.24, 2.45) is 5.92 Å². The number of carbonyl (C=O) groups excluding carboxylic acids is 1. The van der Waals surface area contributed by atoms with Gasteiger partial charge in [0, 0.05) is 30.7 Å². The number of rotatable bonds is 8.